The van der Waals surface area contributed by atoms with Gasteiger partial charge in [0.25, 0.3) is 0 Å². The van der Waals surface area contributed by atoms with E-state index >= 15 is 0 Å². The maximum absolute atomic E-state index is 11.4. The summed E-state index contributed by atoms with van der Waals surface area (Å²) in [6.45, 7) is 2.60. The number of carbonyl (C=O) groups is 1. The third-order valence-corrected chi connectivity index (χ3v) is 1.98. The van der Waals surface area contributed by atoms with Crippen LogP contribution in [0, 0.1) is 0 Å². The highest BCUT2D eigenvalue weighted by molar-refractivity contribution is 5.89. The molecule has 0 saturated heterocycles. The van der Waals surface area contributed by atoms with E-state index in [4.69, 9.17) is 5.73 Å². The maximum atomic E-state index is 11.4. The molecule has 0 bridgehead atoms. The van der Waals surface area contributed by atoms with Crippen LogP contribution < -0.4 is 11.1 Å². The molecule has 14 heavy (non-hydrogen) atoms. The van der Waals surface area contributed by atoms with Crippen LogP contribution in [0.3, 0.4) is 0 Å². The Balaban J connectivity index is 2.60. The number of hydrogen-bond donors (Lipinski definition) is 2. The fraction of sp³-hybridized carbons (Fsp3) is 0.300. The van der Waals surface area contributed by atoms with Gasteiger partial charge in [-0.3, -0.25) is 0 Å². The molecule has 0 aliphatic rings. The van der Waals surface area contributed by atoms with Gasteiger partial charge < -0.3 is 16.0 Å². The van der Waals surface area contributed by atoms with E-state index in [1.54, 1.807) is 36.2 Å². The summed E-state index contributed by atoms with van der Waals surface area (Å²) in [4.78, 5) is 13.0. The van der Waals surface area contributed by atoms with Crippen molar-refractivity contribution in [2.75, 3.05) is 24.6 Å². The van der Waals surface area contributed by atoms with Crippen LogP contribution in [0.1, 0.15) is 6.92 Å². The Morgan fingerprint density at radius 2 is 2.00 bits per heavy atom. The van der Waals surface area contributed by atoms with Crippen LogP contribution in [0.5, 0.6) is 0 Å². The van der Waals surface area contributed by atoms with E-state index in [0.29, 0.717) is 12.2 Å². The van der Waals surface area contributed by atoms with Crippen molar-refractivity contribution in [3.63, 3.8) is 0 Å². The van der Waals surface area contributed by atoms with Gasteiger partial charge in [0.05, 0.1) is 0 Å². The number of nitrogens with two attached hydrogens (primary N) is 1. The van der Waals surface area contributed by atoms with E-state index in [9.17, 15) is 4.79 Å². The van der Waals surface area contributed by atoms with Crippen molar-refractivity contribution in [3.05, 3.63) is 24.3 Å². The average Bonchev–Trinajstić information content (AvgIpc) is 2.20. The van der Waals surface area contributed by atoms with Gasteiger partial charge in [-0.05, 0) is 31.2 Å². The van der Waals surface area contributed by atoms with Crippen LogP contribution in [-0.2, 0) is 0 Å². The summed E-state index contributed by atoms with van der Waals surface area (Å²) in [5.41, 5.74) is 6.96. The number of benzene rings is 1. The minimum absolute atomic E-state index is 0.114. The zero-order chi connectivity index (χ0) is 10.6. The lowest BCUT2D eigenvalue weighted by molar-refractivity contribution is 0.224. The van der Waals surface area contributed by atoms with Gasteiger partial charge in [-0.1, -0.05) is 0 Å². The van der Waals surface area contributed by atoms with Crippen molar-refractivity contribution in [1.82, 2.24) is 4.90 Å². The van der Waals surface area contributed by atoms with E-state index < -0.39 is 0 Å². The zero-order valence-corrected chi connectivity index (χ0v) is 8.45. The molecule has 0 radical (unpaired) electrons. The Morgan fingerprint density at radius 3 is 2.50 bits per heavy atom. The summed E-state index contributed by atoms with van der Waals surface area (Å²) in [5.74, 6) is 0. The molecule has 76 valence electrons. The first-order valence-corrected chi connectivity index (χ1v) is 4.51. The molecule has 0 spiro atoms. The summed E-state index contributed by atoms with van der Waals surface area (Å²) < 4.78 is 0. The Hall–Kier alpha value is -1.71. The van der Waals surface area contributed by atoms with Crippen LogP contribution in [0.2, 0.25) is 0 Å². The highest BCUT2D eigenvalue weighted by Crippen LogP contribution is 2.10. The maximum Gasteiger partial charge on any atom is 0.321 e. The molecule has 0 aromatic heterocycles. The Kier molecular flexibility index (Phi) is 3.34. The molecule has 0 fully saturated rings. The second-order valence-corrected chi connectivity index (χ2v) is 3.07. The summed E-state index contributed by atoms with van der Waals surface area (Å²) in [6, 6.07) is 6.94. The average molecular weight is 193 g/mol. The SMILES string of the molecule is CCN(C)C(=O)Nc1ccc(N)cc1. The van der Waals surface area contributed by atoms with Gasteiger partial charge in [0.2, 0.25) is 0 Å². The van der Waals surface area contributed by atoms with Crippen LogP contribution in [-0.4, -0.2) is 24.5 Å². The number of rotatable bonds is 2. The van der Waals surface area contributed by atoms with E-state index in [1.165, 1.54) is 0 Å². The highest BCUT2D eigenvalue weighted by atomic mass is 16.2. The number of hydrogen-bond acceptors (Lipinski definition) is 2. The van der Waals surface area contributed by atoms with E-state index in [0.717, 1.165) is 5.69 Å². The standard InChI is InChI=1S/C10H15N3O/c1-3-13(2)10(14)12-9-6-4-8(11)5-7-9/h4-7H,3,11H2,1-2H3,(H,12,14). The first-order chi connectivity index (χ1) is 6.63. The lowest BCUT2D eigenvalue weighted by atomic mass is 10.3. The third-order valence-electron chi connectivity index (χ3n) is 1.98. The number of amides is 2. The molecule has 0 heterocycles. The number of carbonyl (C=O) groups excluding carboxylic acids is 1. The van der Waals surface area contributed by atoms with E-state index in [2.05, 4.69) is 5.32 Å². The number of anilines is 2. The molecule has 0 atom stereocenters. The topological polar surface area (TPSA) is 58.4 Å². The van der Waals surface area contributed by atoms with Gasteiger partial charge in [0, 0.05) is 25.0 Å². The van der Waals surface area contributed by atoms with Crippen molar-refractivity contribution in [2.24, 2.45) is 0 Å². The zero-order valence-electron chi connectivity index (χ0n) is 8.45. The largest absolute Gasteiger partial charge is 0.399 e. The minimum Gasteiger partial charge on any atom is -0.399 e. The summed E-state index contributed by atoms with van der Waals surface area (Å²) >= 11 is 0. The smallest absolute Gasteiger partial charge is 0.321 e. The quantitative estimate of drug-likeness (QED) is 0.703. The van der Waals surface area contributed by atoms with Crippen molar-refractivity contribution in [1.29, 1.82) is 0 Å². The molecule has 0 saturated carbocycles. The Labute approximate surface area is 83.7 Å². The number of nitrogens with one attached hydrogen (secondary N) is 1. The normalized spacial score (nSPS) is 9.57. The summed E-state index contributed by atoms with van der Waals surface area (Å²) in [7, 11) is 1.74. The van der Waals surface area contributed by atoms with Gasteiger partial charge >= 0.3 is 6.03 Å². The van der Waals surface area contributed by atoms with Crippen molar-refractivity contribution >= 4 is 17.4 Å². The monoisotopic (exact) mass is 193 g/mol. The van der Waals surface area contributed by atoms with E-state index in [1.807, 2.05) is 6.92 Å². The van der Waals surface area contributed by atoms with Gasteiger partial charge in [-0.25, -0.2) is 4.79 Å². The molecular weight excluding hydrogens is 178 g/mol. The molecule has 4 heteroatoms. The first-order valence-electron chi connectivity index (χ1n) is 4.51. The molecule has 2 amide bonds. The molecule has 1 aromatic carbocycles. The van der Waals surface area contributed by atoms with Crippen LogP contribution >= 0.6 is 0 Å². The second kappa shape index (κ2) is 4.50. The van der Waals surface area contributed by atoms with E-state index in [-0.39, 0.29) is 6.03 Å². The lowest BCUT2D eigenvalue weighted by Crippen LogP contribution is -2.30. The molecule has 1 rings (SSSR count). The summed E-state index contributed by atoms with van der Waals surface area (Å²) in [5, 5.41) is 2.75. The Morgan fingerprint density at radius 1 is 1.43 bits per heavy atom. The lowest BCUT2D eigenvalue weighted by Gasteiger charge is -2.15. The number of nitrogens with zero attached hydrogens (tertiary/aromatic N) is 1. The number of nitrogen functional groups attached to an aromatic ring is 1. The molecule has 1 aromatic rings. The van der Waals surface area contributed by atoms with Gasteiger partial charge in [-0.2, -0.15) is 0 Å². The molecule has 0 aliphatic carbocycles. The highest BCUT2D eigenvalue weighted by Gasteiger charge is 2.05. The number of urea groups is 1. The van der Waals surface area contributed by atoms with Crippen molar-refractivity contribution in [2.45, 2.75) is 6.92 Å². The molecule has 3 N–H and O–H groups in total. The van der Waals surface area contributed by atoms with Crippen molar-refractivity contribution in [3.8, 4) is 0 Å². The minimum atomic E-state index is -0.114. The predicted molar refractivity (Wildman–Crippen MR) is 58.2 cm³/mol. The molecule has 0 aliphatic heterocycles. The van der Waals surface area contributed by atoms with Gasteiger partial charge in [-0.15, -0.1) is 0 Å². The van der Waals surface area contributed by atoms with Gasteiger partial charge in [0.1, 0.15) is 0 Å². The van der Waals surface area contributed by atoms with Crippen LogP contribution in [0.15, 0.2) is 24.3 Å². The fourth-order valence-corrected chi connectivity index (χ4v) is 0.929. The third kappa shape index (κ3) is 2.65. The molecular formula is C10H15N3O. The second-order valence-electron chi connectivity index (χ2n) is 3.07. The predicted octanol–water partition coefficient (Wildman–Crippen LogP) is 1.75. The van der Waals surface area contributed by atoms with Crippen LogP contribution in [0.25, 0.3) is 0 Å². The first kappa shape index (κ1) is 10.4. The van der Waals surface area contributed by atoms with Crippen molar-refractivity contribution < 1.29 is 4.79 Å². The fourth-order valence-electron chi connectivity index (χ4n) is 0.929. The van der Waals surface area contributed by atoms with Gasteiger partial charge in [0.15, 0.2) is 0 Å². The Bertz CT molecular complexity index is 308. The molecule has 0 unspecified atom stereocenters. The molecule has 4 nitrogen and oxygen atoms in total. The van der Waals surface area contributed by atoms with Crippen LogP contribution in [0.4, 0.5) is 16.2 Å². The summed E-state index contributed by atoms with van der Waals surface area (Å²) in [6.07, 6.45) is 0.